The number of rotatable bonds is 7. The van der Waals surface area contributed by atoms with Gasteiger partial charge in [0.15, 0.2) is 11.6 Å². The number of fused-ring (bicyclic) bond motifs is 1. The normalized spacial score (nSPS) is 20.2. The summed E-state index contributed by atoms with van der Waals surface area (Å²) in [5.41, 5.74) is 5.43. The lowest BCUT2D eigenvalue weighted by atomic mass is 9.84. The fraction of sp³-hybridized carbons (Fsp3) is 0.267. The smallest absolute Gasteiger partial charge is 0.366 e. The molecule has 3 aromatic rings. The van der Waals surface area contributed by atoms with Gasteiger partial charge in [0, 0.05) is 28.1 Å². The molecule has 2 aliphatic heterocycles. The number of benzene rings is 3. The number of hydrogen-bond acceptors (Lipinski definition) is 6. The van der Waals surface area contributed by atoms with Crippen molar-refractivity contribution in [1.29, 1.82) is 0 Å². The summed E-state index contributed by atoms with van der Waals surface area (Å²) in [5, 5.41) is 5.69. The van der Waals surface area contributed by atoms with Gasteiger partial charge >= 0.3 is 6.18 Å². The second kappa shape index (κ2) is 13.4. The van der Waals surface area contributed by atoms with Crippen molar-refractivity contribution in [3.63, 3.8) is 0 Å². The average molecular weight is 646 g/mol. The van der Waals surface area contributed by atoms with Gasteiger partial charge in [-0.3, -0.25) is 24.5 Å². The van der Waals surface area contributed by atoms with Crippen LogP contribution in [0, 0.1) is 11.8 Å². The maximum Gasteiger partial charge on any atom is 0.416 e. The van der Waals surface area contributed by atoms with E-state index in [0.29, 0.717) is 5.56 Å². The lowest BCUT2D eigenvalue weighted by molar-refractivity contribution is -0.137. The molecule has 2 amide bonds. The number of Topliss-reactive ketones (excluding diaryl/α,β-unsaturated/α-hetero) is 2. The standard InChI is InChI=1S/C23H20BrF3N2O4.C7H7NO/c24-15-7-1-12(2-8-15)9-17(20(31)16-10-28-22-19(16)18(30)11-33-22)29-21(32)13-3-5-14(6-4-13)23(25,26)27;8-7(9)6-4-2-1-3-5-6/h1-8,16-17,19,22,28H,9-11H2,(H,29,32);1-5H,(H2,8,9). The maximum absolute atomic E-state index is 13.4. The van der Waals surface area contributed by atoms with E-state index in [9.17, 15) is 32.3 Å². The van der Waals surface area contributed by atoms with Gasteiger partial charge in [0.2, 0.25) is 5.91 Å². The number of primary amides is 1. The van der Waals surface area contributed by atoms with Gasteiger partial charge in [-0.25, -0.2) is 0 Å². The number of hydrogen-bond donors (Lipinski definition) is 3. The number of carbonyl (C=O) groups is 4. The van der Waals surface area contributed by atoms with E-state index in [2.05, 4.69) is 26.6 Å². The Balaban J connectivity index is 0.000000385. The average Bonchev–Trinajstić information content (AvgIpc) is 3.56. The quantitative estimate of drug-likeness (QED) is 0.357. The van der Waals surface area contributed by atoms with Crippen molar-refractivity contribution < 1.29 is 37.1 Å². The van der Waals surface area contributed by atoms with E-state index in [4.69, 9.17) is 10.5 Å². The van der Waals surface area contributed by atoms with E-state index in [1.165, 1.54) is 0 Å². The van der Waals surface area contributed by atoms with Crippen molar-refractivity contribution in [2.24, 2.45) is 17.6 Å². The zero-order chi connectivity index (χ0) is 30.4. The molecule has 42 heavy (non-hydrogen) atoms. The van der Waals surface area contributed by atoms with Crippen LogP contribution < -0.4 is 16.4 Å². The van der Waals surface area contributed by atoms with E-state index in [0.717, 1.165) is 34.3 Å². The molecule has 2 fully saturated rings. The third-order valence-corrected chi connectivity index (χ3v) is 7.50. The van der Waals surface area contributed by atoms with Crippen LogP contribution in [0.5, 0.6) is 0 Å². The Labute approximate surface area is 247 Å². The van der Waals surface area contributed by atoms with Gasteiger partial charge < -0.3 is 15.8 Å². The molecule has 2 heterocycles. The molecule has 220 valence electrons. The molecular formula is C30H27BrF3N3O5. The Hall–Kier alpha value is -3.87. The van der Waals surface area contributed by atoms with E-state index < -0.39 is 41.8 Å². The van der Waals surface area contributed by atoms with Crippen molar-refractivity contribution in [3.05, 3.63) is 106 Å². The van der Waals surface area contributed by atoms with Gasteiger partial charge in [0.1, 0.15) is 12.8 Å². The summed E-state index contributed by atoms with van der Waals surface area (Å²) in [4.78, 5) is 48.9. The molecule has 0 radical (unpaired) electrons. The first-order valence-corrected chi connectivity index (χ1v) is 13.7. The maximum atomic E-state index is 13.4. The van der Waals surface area contributed by atoms with Crippen LogP contribution in [0.3, 0.4) is 0 Å². The van der Waals surface area contributed by atoms with E-state index in [1.54, 1.807) is 48.5 Å². The molecule has 4 atom stereocenters. The van der Waals surface area contributed by atoms with Crippen LogP contribution >= 0.6 is 15.9 Å². The van der Waals surface area contributed by atoms with Gasteiger partial charge in [-0.05, 0) is 60.5 Å². The Morgan fingerprint density at radius 3 is 2.19 bits per heavy atom. The lowest BCUT2D eigenvalue weighted by Gasteiger charge is -2.23. The summed E-state index contributed by atoms with van der Waals surface area (Å²) in [6.45, 7) is 0.175. The summed E-state index contributed by atoms with van der Waals surface area (Å²) >= 11 is 3.35. The Bertz CT molecular complexity index is 1430. The van der Waals surface area contributed by atoms with Gasteiger partial charge in [-0.15, -0.1) is 0 Å². The molecule has 5 rings (SSSR count). The molecule has 0 aromatic heterocycles. The lowest BCUT2D eigenvalue weighted by Crippen LogP contribution is -2.47. The minimum Gasteiger partial charge on any atom is -0.366 e. The molecule has 0 bridgehead atoms. The molecule has 2 aliphatic rings. The first-order valence-electron chi connectivity index (χ1n) is 12.9. The van der Waals surface area contributed by atoms with Crippen molar-refractivity contribution in [2.75, 3.05) is 13.2 Å². The third kappa shape index (κ3) is 7.69. The van der Waals surface area contributed by atoms with Gasteiger partial charge in [-0.1, -0.05) is 46.3 Å². The summed E-state index contributed by atoms with van der Waals surface area (Å²) in [6.07, 6.45) is -4.87. The Morgan fingerprint density at radius 2 is 1.62 bits per heavy atom. The van der Waals surface area contributed by atoms with E-state index >= 15 is 0 Å². The molecule has 2 saturated heterocycles. The monoisotopic (exact) mass is 645 g/mol. The largest absolute Gasteiger partial charge is 0.416 e. The fourth-order valence-electron chi connectivity index (χ4n) is 4.80. The zero-order valence-electron chi connectivity index (χ0n) is 22.1. The Kier molecular flexibility index (Phi) is 9.92. The minimum atomic E-state index is -4.52. The third-order valence-electron chi connectivity index (χ3n) is 6.98. The highest BCUT2D eigenvalue weighted by molar-refractivity contribution is 9.10. The second-order valence-corrected chi connectivity index (χ2v) is 10.7. The minimum absolute atomic E-state index is 0.000643. The Morgan fingerprint density at radius 1 is 0.976 bits per heavy atom. The molecular weight excluding hydrogens is 619 g/mol. The predicted octanol–water partition coefficient (Wildman–Crippen LogP) is 3.92. The number of halogens is 4. The van der Waals surface area contributed by atoms with Crippen molar-refractivity contribution in [2.45, 2.75) is 24.9 Å². The van der Waals surface area contributed by atoms with Crippen LogP contribution in [0.4, 0.5) is 13.2 Å². The molecule has 0 saturated carbocycles. The van der Waals surface area contributed by atoms with Gasteiger partial charge in [0.25, 0.3) is 5.91 Å². The first-order chi connectivity index (χ1) is 19.9. The summed E-state index contributed by atoms with van der Waals surface area (Å²) in [5.74, 6) is -2.82. The molecule has 4 unspecified atom stereocenters. The first kappa shape index (κ1) is 31.1. The van der Waals surface area contributed by atoms with Crippen molar-refractivity contribution in [3.8, 4) is 0 Å². The van der Waals surface area contributed by atoms with Gasteiger partial charge in [-0.2, -0.15) is 13.2 Å². The zero-order valence-corrected chi connectivity index (χ0v) is 23.7. The topological polar surface area (TPSA) is 128 Å². The number of carbonyl (C=O) groups excluding carboxylic acids is 4. The number of ether oxygens (including phenoxy) is 1. The molecule has 0 aliphatic carbocycles. The summed E-state index contributed by atoms with van der Waals surface area (Å²) in [6, 6.07) is 18.8. The van der Waals surface area contributed by atoms with Crippen LogP contribution in [0.2, 0.25) is 0 Å². The second-order valence-electron chi connectivity index (χ2n) is 9.80. The molecule has 8 nitrogen and oxygen atoms in total. The number of amides is 2. The highest BCUT2D eigenvalue weighted by Gasteiger charge is 2.50. The fourth-order valence-corrected chi connectivity index (χ4v) is 5.07. The molecule has 4 N–H and O–H groups in total. The van der Waals surface area contributed by atoms with Gasteiger partial charge in [0.05, 0.1) is 17.5 Å². The van der Waals surface area contributed by atoms with Crippen LogP contribution in [0.1, 0.15) is 31.8 Å². The predicted molar refractivity (Wildman–Crippen MR) is 150 cm³/mol. The van der Waals surface area contributed by atoms with Crippen LogP contribution in [0.15, 0.2) is 83.3 Å². The number of nitrogens with one attached hydrogen (secondary N) is 2. The van der Waals surface area contributed by atoms with Crippen LogP contribution in [-0.2, 0) is 26.9 Å². The van der Waals surface area contributed by atoms with Crippen molar-refractivity contribution >= 4 is 39.3 Å². The SMILES string of the molecule is NC(=O)c1ccccc1.O=C(NC(Cc1ccc(Br)cc1)C(=O)C1CNC2OCC(=O)C21)c1ccc(C(F)(F)F)cc1. The van der Waals surface area contributed by atoms with Crippen LogP contribution in [0.25, 0.3) is 0 Å². The summed E-state index contributed by atoms with van der Waals surface area (Å²) in [7, 11) is 0. The van der Waals surface area contributed by atoms with Crippen LogP contribution in [-0.4, -0.2) is 48.8 Å². The summed E-state index contributed by atoms with van der Waals surface area (Å²) < 4.78 is 44.7. The number of alkyl halides is 3. The molecule has 3 aromatic carbocycles. The van der Waals surface area contributed by atoms with E-state index in [1.807, 2.05) is 6.07 Å². The number of ketones is 2. The number of nitrogens with two attached hydrogens (primary N) is 1. The van der Waals surface area contributed by atoms with E-state index in [-0.39, 0.29) is 42.6 Å². The van der Waals surface area contributed by atoms with Crippen molar-refractivity contribution in [1.82, 2.24) is 10.6 Å². The molecule has 0 spiro atoms. The molecule has 12 heteroatoms. The highest BCUT2D eigenvalue weighted by Crippen LogP contribution is 2.32. The highest BCUT2D eigenvalue weighted by atomic mass is 79.9.